The summed E-state index contributed by atoms with van der Waals surface area (Å²) in [6.07, 6.45) is 1.23. The van der Waals surface area contributed by atoms with Crippen LogP contribution in [0.2, 0.25) is 5.02 Å². The normalized spacial score (nSPS) is 13.0. The molecular weight excluding hydrogens is 370 g/mol. The molecular formula is C19H18ClN3O4. The number of carbonyl (C=O) groups excluding carboxylic acids is 2. The Morgan fingerprint density at radius 1 is 1.22 bits per heavy atom. The molecule has 1 aliphatic heterocycles. The van der Waals surface area contributed by atoms with E-state index < -0.39 is 10.8 Å². The highest BCUT2D eigenvalue weighted by atomic mass is 35.5. The predicted octanol–water partition coefficient (Wildman–Crippen LogP) is 3.80. The summed E-state index contributed by atoms with van der Waals surface area (Å²) in [6, 6.07) is 9.26. The van der Waals surface area contributed by atoms with Gasteiger partial charge in [-0.05, 0) is 35.7 Å². The van der Waals surface area contributed by atoms with Crippen molar-refractivity contribution >= 4 is 34.8 Å². The molecule has 8 heteroatoms. The minimum Gasteiger partial charge on any atom is -0.338 e. The molecule has 3 rings (SSSR count). The van der Waals surface area contributed by atoms with E-state index in [4.69, 9.17) is 11.6 Å². The number of fused-ring (bicyclic) bond motifs is 1. The summed E-state index contributed by atoms with van der Waals surface area (Å²) >= 11 is 6.02. The van der Waals surface area contributed by atoms with Gasteiger partial charge in [-0.2, -0.15) is 0 Å². The summed E-state index contributed by atoms with van der Waals surface area (Å²) in [5.74, 6) is -0.431. The quantitative estimate of drug-likeness (QED) is 0.638. The van der Waals surface area contributed by atoms with Crippen LogP contribution in [0.3, 0.4) is 0 Å². The number of carbonyl (C=O) groups is 2. The third-order valence-electron chi connectivity index (χ3n) is 4.54. The minimum atomic E-state index is -0.578. The van der Waals surface area contributed by atoms with Crippen LogP contribution in [-0.4, -0.2) is 28.2 Å². The topological polar surface area (TPSA) is 92.6 Å². The van der Waals surface area contributed by atoms with E-state index in [2.05, 4.69) is 5.32 Å². The molecule has 2 aromatic carbocycles. The van der Waals surface area contributed by atoms with Gasteiger partial charge in [0.25, 0.3) is 11.6 Å². The van der Waals surface area contributed by atoms with Gasteiger partial charge in [0, 0.05) is 37.3 Å². The third-order valence-corrected chi connectivity index (χ3v) is 4.87. The van der Waals surface area contributed by atoms with Gasteiger partial charge in [0.1, 0.15) is 0 Å². The van der Waals surface area contributed by atoms with E-state index in [1.54, 1.807) is 11.0 Å². The predicted molar refractivity (Wildman–Crippen MR) is 102 cm³/mol. The van der Waals surface area contributed by atoms with Gasteiger partial charge in [0.05, 0.1) is 15.5 Å². The van der Waals surface area contributed by atoms with Gasteiger partial charge in [-0.25, -0.2) is 0 Å². The van der Waals surface area contributed by atoms with Gasteiger partial charge >= 0.3 is 0 Å². The molecule has 27 heavy (non-hydrogen) atoms. The van der Waals surface area contributed by atoms with Crippen LogP contribution >= 0.6 is 11.6 Å². The highest BCUT2D eigenvalue weighted by Crippen LogP contribution is 2.26. The summed E-state index contributed by atoms with van der Waals surface area (Å²) in [4.78, 5) is 36.6. The SMILES string of the molecule is CCC(=O)N1CCc2ccc(NC(=O)c3cc([N+](=O)[O-])ccc3Cl)cc2C1. The molecule has 0 aromatic heterocycles. The zero-order valence-corrected chi connectivity index (χ0v) is 15.5. The average molecular weight is 388 g/mol. The highest BCUT2D eigenvalue weighted by Gasteiger charge is 2.21. The van der Waals surface area contributed by atoms with Crippen LogP contribution in [0, 0.1) is 10.1 Å². The molecule has 0 spiro atoms. The van der Waals surface area contributed by atoms with Crippen LogP contribution < -0.4 is 5.32 Å². The lowest BCUT2D eigenvalue weighted by Crippen LogP contribution is -2.35. The van der Waals surface area contributed by atoms with Crippen molar-refractivity contribution in [2.75, 3.05) is 11.9 Å². The van der Waals surface area contributed by atoms with Crippen molar-refractivity contribution in [2.24, 2.45) is 0 Å². The third kappa shape index (κ3) is 4.09. The molecule has 2 aromatic rings. The molecule has 1 aliphatic rings. The lowest BCUT2D eigenvalue weighted by Gasteiger charge is -2.29. The molecule has 1 N–H and O–H groups in total. The molecule has 0 saturated heterocycles. The van der Waals surface area contributed by atoms with Crippen molar-refractivity contribution in [1.82, 2.24) is 4.90 Å². The Morgan fingerprint density at radius 3 is 2.70 bits per heavy atom. The van der Waals surface area contributed by atoms with Crippen LogP contribution in [0.1, 0.15) is 34.8 Å². The van der Waals surface area contributed by atoms with Crippen molar-refractivity contribution in [3.8, 4) is 0 Å². The van der Waals surface area contributed by atoms with Gasteiger partial charge < -0.3 is 10.2 Å². The van der Waals surface area contributed by atoms with E-state index in [1.165, 1.54) is 12.1 Å². The zero-order chi connectivity index (χ0) is 19.6. The maximum atomic E-state index is 12.5. The number of hydrogen-bond acceptors (Lipinski definition) is 4. The fourth-order valence-electron chi connectivity index (χ4n) is 3.07. The Bertz CT molecular complexity index is 929. The number of nitrogens with one attached hydrogen (secondary N) is 1. The number of nitro groups is 1. The maximum Gasteiger partial charge on any atom is 0.270 e. The van der Waals surface area contributed by atoms with Crippen LogP contribution in [-0.2, 0) is 17.8 Å². The van der Waals surface area contributed by atoms with E-state index in [0.717, 1.165) is 23.6 Å². The molecule has 0 radical (unpaired) electrons. The van der Waals surface area contributed by atoms with Gasteiger partial charge in [-0.15, -0.1) is 0 Å². The number of non-ortho nitro benzene ring substituents is 1. The minimum absolute atomic E-state index is 0.0337. The first-order chi connectivity index (χ1) is 12.9. The number of hydrogen-bond donors (Lipinski definition) is 1. The molecule has 1 heterocycles. The van der Waals surface area contributed by atoms with E-state index in [-0.39, 0.29) is 22.2 Å². The lowest BCUT2D eigenvalue weighted by atomic mass is 9.98. The second kappa shape index (κ2) is 7.75. The Morgan fingerprint density at radius 2 is 2.00 bits per heavy atom. The fourth-order valence-corrected chi connectivity index (χ4v) is 3.27. The highest BCUT2D eigenvalue weighted by molar-refractivity contribution is 6.34. The molecule has 7 nitrogen and oxygen atoms in total. The number of nitrogens with zero attached hydrogens (tertiary/aromatic N) is 2. The van der Waals surface area contributed by atoms with Crippen LogP contribution in [0.15, 0.2) is 36.4 Å². The second-order valence-corrected chi connectivity index (χ2v) is 6.68. The van der Waals surface area contributed by atoms with Crippen LogP contribution in [0.5, 0.6) is 0 Å². The number of rotatable bonds is 4. The summed E-state index contributed by atoms with van der Waals surface area (Å²) in [5, 5.41) is 13.8. The van der Waals surface area contributed by atoms with E-state index in [1.807, 2.05) is 19.1 Å². The van der Waals surface area contributed by atoms with Crippen molar-refractivity contribution in [2.45, 2.75) is 26.3 Å². The summed E-state index contributed by atoms with van der Waals surface area (Å²) in [6.45, 7) is 3.02. The molecule has 0 saturated carbocycles. The standard InChI is InChI=1S/C19H18ClN3O4/c1-2-18(24)22-8-7-12-3-4-14(9-13(12)11-22)21-19(25)16-10-15(23(26)27)5-6-17(16)20/h3-6,9-10H,2,7-8,11H2,1H3,(H,21,25). The van der Waals surface area contributed by atoms with Crippen LogP contribution in [0.4, 0.5) is 11.4 Å². The zero-order valence-electron chi connectivity index (χ0n) is 14.7. The average Bonchev–Trinajstić information content (AvgIpc) is 2.66. The van der Waals surface area contributed by atoms with Gasteiger partial charge in [-0.3, -0.25) is 19.7 Å². The van der Waals surface area contributed by atoms with Gasteiger partial charge in [0.15, 0.2) is 0 Å². The number of halogens is 1. The second-order valence-electron chi connectivity index (χ2n) is 6.28. The number of amides is 2. The summed E-state index contributed by atoms with van der Waals surface area (Å²) in [5.41, 5.74) is 2.50. The van der Waals surface area contributed by atoms with Gasteiger partial charge in [-0.1, -0.05) is 24.6 Å². The van der Waals surface area contributed by atoms with Crippen molar-refractivity contribution in [3.05, 3.63) is 68.2 Å². The fraction of sp³-hybridized carbons (Fsp3) is 0.263. The Hall–Kier alpha value is -2.93. The smallest absolute Gasteiger partial charge is 0.270 e. The molecule has 0 atom stereocenters. The first-order valence-electron chi connectivity index (χ1n) is 8.54. The van der Waals surface area contributed by atoms with E-state index in [0.29, 0.717) is 25.2 Å². The Labute approximate surface area is 161 Å². The van der Waals surface area contributed by atoms with Crippen molar-refractivity contribution in [3.63, 3.8) is 0 Å². The molecule has 0 fully saturated rings. The number of nitro benzene ring substituents is 1. The molecule has 2 amide bonds. The Balaban J connectivity index is 1.81. The molecule has 0 bridgehead atoms. The van der Waals surface area contributed by atoms with Crippen molar-refractivity contribution < 1.29 is 14.5 Å². The van der Waals surface area contributed by atoms with Gasteiger partial charge in [0.2, 0.25) is 5.91 Å². The number of anilines is 1. The summed E-state index contributed by atoms with van der Waals surface area (Å²) in [7, 11) is 0. The van der Waals surface area contributed by atoms with E-state index >= 15 is 0 Å². The first-order valence-corrected chi connectivity index (χ1v) is 8.91. The maximum absolute atomic E-state index is 12.5. The lowest BCUT2D eigenvalue weighted by molar-refractivity contribution is -0.384. The van der Waals surface area contributed by atoms with Crippen LogP contribution in [0.25, 0.3) is 0 Å². The summed E-state index contributed by atoms with van der Waals surface area (Å²) < 4.78 is 0. The first kappa shape index (κ1) is 18.8. The van der Waals surface area contributed by atoms with Crippen molar-refractivity contribution in [1.29, 1.82) is 0 Å². The number of benzene rings is 2. The Kier molecular flexibility index (Phi) is 5.41. The molecule has 0 unspecified atom stereocenters. The molecule has 0 aliphatic carbocycles. The monoisotopic (exact) mass is 387 g/mol. The largest absolute Gasteiger partial charge is 0.338 e. The molecule has 140 valence electrons. The van der Waals surface area contributed by atoms with E-state index in [9.17, 15) is 19.7 Å².